The van der Waals surface area contributed by atoms with E-state index in [4.69, 9.17) is 16.8 Å². The SMILES string of the molecule is CC(C)(NS(=O)(=O)N1CCC(C(=O)c2ccc(Cl)cc2)CC1)C(=O)NO. The van der Waals surface area contributed by atoms with Crippen LogP contribution in [0.1, 0.15) is 37.0 Å². The summed E-state index contributed by atoms with van der Waals surface area (Å²) in [7, 11) is -3.93. The number of Topliss-reactive ketones (excluding diaryl/α,β-unsaturated/α-hetero) is 1. The molecule has 8 nitrogen and oxygen atoms in total. The van der Waals surface area contributed by atoms with Crippen LogP contribution in [0.15, 0.2) is 24.3 Å². The number of halogens is 1. The monoisotopic (exact) mass is 403 g/mol. The number of nitrogens with zero attached hydrogens (tertiary/aromatic N) is 1. The third-order valence-electron chi connectivity index (χ3n) is 4.35. The smallest absolute Gasteiger partial charge is 0.280 e. The number of amides is 1. The number of carbonyl (C=O) groups excluding carboxylic acids is 2. The summed E-state index contributed by atoms with van der Waals surface area (Å²) in [5, 5.41) is 9.25. The van der Waals surface area contributed by atoms with Gasteiger partial charge in [-0.1, -0.05) is 11.6 Å². The van der Waals surface area contributed by atoms with Crippen LogP contribution >= 0.6 is 11.6 Å². The first kappa shape index (κ1) is 20.8. The van der Waals surface area contributed by atoms with Crippen LogP contribution in [0.4, 0.5) is 0 Å². The second-order valence-corrected chi connectivity index (χ2v) is 8.82. The molecule has 1 aliphatic heterocycles. The highest BCUT2D eigenvalue weighted by Gasteiger charge is 2.37. The fourth-order valence-electron chi connectivity index (χ4n) is 2.78. The van der Waals surface area contributed by atoms with Crippen molar-refractivity contribution in [3.05, 3.63) is 34.9 Å². The van der Waals surface area contributed by atoms with E-state index in [2.05, 4.69) is 4.72 Å². The van der Waals surface area contributed by atoms with Crippen molar-refractivity contribution in [1.29, 1.82) is 0 Å². The van der Waals surface area contributed by atoms with Gasteiger partial charge in [-0.3, -0.25) is 14.8 Å². The number of ketones is 1. The Bertz CT molecular complexity index is 772. The topological polar surface area (TPSA) is 116 Å². The molecule has 1 saturated heterocycles. The van der Waals surface area contributed by atoms with Crippen molar-refractivity contribution in [3.63, 3.8) is 0 Å². The molecule has 0 aromatic heterocycles. The summed E-state index contributed by atoms with van der Waals surface area (Å²) in [4.78, 5) is 24.1. The van der Waals surface area contributed by atoms with E-state index in [1.54, 1.807) is 24.3 Å². The molecule has 10 heteroatoms. The van der Waals surface area contributed by atoms with Crippen molar-refractivity contribution in [3.8, 4) is 0 Å². The van der Waals surface area contributed by atoms with Gasteiger partial charge in [0.15, 0.2) is 5.78 Å². The minimum absolute atomic E-state index is 0.0355. The Morgan fingerprint density at radius 1 is 1.19 bits per heavy atom. The Kier molecular flexibility index (Phi) is 6.41. The number of nitrogens with one attached hydrogen (secondary N) is 2. The zero-order valence-corrected chi connectivity index (χ0v) is 16.1. The molecule has 0 atom stereocenters. The zero-order valence-electron chi connectivity index (χ0n) is 14.5. The number of hydroxylamine groups is 1. The summed E-state index contributed by atoms with van der Waals surface area (Å²) in [5.74, 6) is -1.17. The molecule has 1 aliphatic rings. The predicted molar refractivity (Wildman–Crippen MR) is 96.1 cm³/mol. The van der Waals surface area contributed by atoms with Gasteiger partial charge < -0.3 is 0 Å². The van der Waals surface area contributed by atoms with Crippen molar-refractivity contribution >= 4 is 33.5 Å². The lowest BCUT2D eigenvalue weighted by Gasteiger charge is -2.33. The number of benzene rings is 1. The van der Waals surface area contributed by atoms with E-state index < -0.39 is 21.7 Å². The Labute approximate surface area is 157 Å². The lowest BCUT2D eigenvalue weighted by molar-refractivity contribution is -0.134. The quantitative estimate of drug-likeness (QED) is 0.376. The first-order chi connectivity index (χ1) is 12.1. The largest absolute Gasteiger partial charge is 0.294 e. The minimum atomic E-state index is -3.93. The number of piperidine rings is 1. The molecule has 2 rings (SSSR count). The molecule has 144 valence electrons. The third kappa shape index (κ3) is 4.80. The molecule has 1 heterocycles. The highest BCUT2D eigenvalue weighted by Crippen LogP contribution is 2.24. The number of hydrogen-bond donors (Lipinski definition) is 3. The van der Waals surface area contributed by atoms with E-state index >= 15 is 0 Å². The second kappa shape index (κ2) is 8.01. The van der Waals surface area contributed by atoms with Crippen LogP contribution in [0, 0.1) is 5.92 Å². The molecule has 3 N–H and O–H groups in total. The molecule has 26 heavy (non-hydrogen) atoms. The molecular formula is C16H22ClN3O5S. The van der Waals surface area contributed by atoms with Gasteiger partial charge in [0.2, 0.25) is 0 Å². The van der Waals surface area contributed by atoms with Gasteiger partial charge in [0.05, 0.1) is 0 Å². The molecule has 1 fully saturated rings. The van der Waals surface area contributed by atoms with Crippen molar-refractivity contribution in [2.45, 2.75) is 32.2 Å². The van der Waals surface area contributed by atoms with Crippen molar-refractivity contribution in [2.75, 3.05) is 13.1 Å². The normalized spacial score (nSPS) is 17.1. The fraction of sp³-hybridized carbons (Fsp3) is 0.500. The summed E-state index contributed by atoms with van der Waals surface area (Å²) in [5.41, 5.74) is 0.477. The average Bonchev–Trinajstić information content (AvgIpc) is 2.60. The standard InChI is InChI=1S/C16H22ClN3O5S/c1-16(2,15(22)18-23)19-26(24,25)20-9-7-12(8-10-20)14(21)11-3-5-13(17)6-4-11/h3-6,12,19,23H,7-10H2,1-2H3,(H,18,22). The van der Waals surface area contributed by atoms with Crippen LogP contribution in [0.2, 0.25) is 5.02 Å². The highest BCUT2D eigenvalue weighted by atomic mass is 35.5. The zero-order chi connectivity index (χ0) is 19.5. The Hall–Kier alpha value is -1.52. The van der Waals surface area contributed by atoms with Crippen LogP contribution in [-0.2, 0) is 15.0 Å². The van der Waals surface area contributed by atoms with E-state index in [1.807, 2.05) is 0 Å². The Morgan fingerprint density at radius 2 is 1.73 bits per heavy atom. The first-order valence-electron chi connectivity index (χ1n) is 8.10. The van der Waals surface area contributed by atoms with Gasteiger partial charge in [-0.15, -0.1) is 0 Å². The van der Waals surface area contributed by atoms with Gasteiger partial charge in [-0.25, -0.2) is 5.48 Å². The lowest BCUT2D eigenvalue weighted by Crippen LogP contribution is -2.58. The van der Waals surface area contributed by atoms with Gasteiger partial charge >= 0.3 is 0 Å². The van der Waals surface area contributed by atoms with Gasteiger partial charge in [0, 0.05) is 29.6 Å². The van der Waals surface area contributed by atoms with Gasteiger partial charge in [-0.2, -0.15) is 17.4 Å². The summed E-state index contributed by atoms with van der Waals surface area (Å²) in [6.07, 6.45) is 0.768. The summed E-state index contributed by atoms with van der Waals surface area (Å²) in [6.45, 7) is 3.01. The van der Waals surface area contributed by atoms with Crippen molar-refractivity contribution in [2.24, 2.45) is 5.92 Å². The molecule has 1 amide bonds. The molecule has 1 aromatic rings. The van der Waals surface area contributed by atoms with Crippen LogP contribution < -0.4 is 10.2 Å². The molecule has 1 aromatic carbocycles. The van der Waals surface area contributed by atoms with E-state index in [-0.39, 0.29) is 24.8 Å². The fourth-order valence-corrected chi connectivity index (χ4v) is 4.47. The maximum Gasteiger partial charge on any atom is 0.280 e. The van der Waals surface area contributed by atoms with E-state index in [0.29, 0.717) is 23.4 Å². The molecule has 0 unspecified atom stereocenters. The van der Waals surface area contributed by atoms with E-state index in [0.717, 1.165) is 0 Å². The van der Waals surface area contributed by atoms with E-state index in [1.165, 1.54) is 23.6 Å². The number of hydrogen-bond acceptors (Lipinski definition) is 5. The summed E-state index contributed by atoms with van der Waals surface area (Å²) < 4.78 is 28.4. The highest BCUT2D eigenvalue weighted by molar-refractivity contribution is 7.87. The molecule has 0 bridgehead atoms. The van der Waals surface area contributed by atoms with Gasteiger partial charge in [0.25, 0.3) is 16.1 Å². The van der Waals surface area contributed by atoms with Gasteiger partial charge in [0.1, 0.15) is 5.54 Å². The van der Waals surface area contributed by atoms with Crippen molar-refractivity contribution < 1.29 is 23.2 Å². The Balaban J connectivity index is 2.00. The maximum absolute atomic E-state index is 12.5. The Morgan fingerprint density at radius 3 is 2.23 bits per heavy atom. The number of rotatable bonds is 6. The van der Waals surface area contributed by atoms with E-state index in [9.17, 15) is 18.0 Å². The molecule has 0 saturated carbocycles. The second-order valence-electron chi connectivity index (χ2n) is 6.72. The molecular weight excluding hydrogens is 382 g/mol. The lowest BCUT2D eigenvalue weighted by atomic mass is 9.90. The van der Waals surface area contributed by atoms with Crippen LogP contribution in [0.3, 0.4) is 0 Å². The predicted octanol–water partition coefficient (Wildman–Crippen LogP) is 1.35. The molecule has 0 spiro atoms. The van der Waals surface area contributed by atoms with Crippen LogP contribution in [0.25, 0.3) is 0 Å². The number of carbonyl (C=O) groups is 2. The van der Waals surface area contributed by atoms with Crippen LogP contribution in [-0.4, -0.2) is 48.2 Å². The summed E-state index contributed by atoms with van der Waals surface area (Å²) >= 11 is 5.82. The maximum atomic E-state index is 12.5. The average molecular weight is 404 g/mol. The molecule has 0 aliphatic carbocycles. The summed E-state index contributed by atoms with van der Waals surface area (Å²) in [6, 6.07) is 6.61. The molecule has 0 radical (unpaired) electrons. The van der Waals surface area contributed by atoms with Crippen molar-refractivity contribution in [1.82, 2.24) is 14.5 Å². The minimum Gasteiger partial charge on any atom is -0.294 e. The first-order valence-corrected chi connectivity index (χ1v) is 9.92. The third-order valence-corrected chi connectivity index (χ3v) is 6.41. The van der Waals surface area contributed by atoms with Gasteiger partial charge in [-0.05, 0) is 51.0 Å². The van der Waals surface area contributed by atoms with Crippen LogP contribution in [0.5, 0.6) is 0 Å².